The van der Waals surface area contributed by atoms with E-state index in [4.69, 9.17) is 12.2 Å². The van der Waals surface area contributed by atoms with Gasteiger partial charge in [-0.15, -0.1) is 0 Å². The van der Waals surface area contributed by atoms with Crippen LogP contribution >= 0.6 is 24.0 Å². The van der Waals surface area contributed by atoms with Crippen molar-refractivity contribution in [2.24, 2.45) is 0 Å². The molecule has 2 aromatic carbocycles. The summed E-state index contributed by atoms with van der Waals surface area (Å²) in [5.41, 5.74) is 1.56. The zero-order valence-corrected chi connectivity index (χ0v) is 18.6. The van der Waals surface area contributed by atoms with Gasteiger partial charge in [0.1, 0.15) is 15.8 Å². The van der Waals surface area contributed by atoms with E-state index in [1.807, 2.05) is 6.92 Å². The molecule has 1 aliphatic rings. The van der Waals surface area contributed by atoms with Crippen molar-refractivity contribution in [2.45, 2.75) is 26.4 Å². The lowest BCUT2D eigenvalue weighted by Gasteiger charge is -2.14. The van der Waals surface area contributed by atoms with Crippen molar-refractivity contribution in [1.82, 2.24) is 4.90 Å². The predicted molar refractivity (Wildman–Crippen MR) is 124 cm³/mol. The van der Waals surface area contributed by atoms with Gasteiger partial charge in [-0.25, -0.2) is 0 Å². The number of nitrogens with one attached hydrogen (secondary N) is 1. The number of aromatic hydroxyl groups is 1. The minimum absolute atomic E-state index is 0.0258. The summed E-state index contributed by atoms with van der Waals surface area (Å²) in [6.07, 6.45) is 1.93. The maximum absolute atomic E-state index is 12.7. The maximum atomic E-state index is 12.7. The number of phenols is 1. The van der Waals surface area contributed by atoms with Gasteiger partial charge < -0.3 is 15.2 Å². The highest BCUT2D eigenvalue weighted by atomic mass is 32.2. The van der Waals surface area contributed by atoms with Crippen molar-refractivity contribution < 1.29 is 28.2 Å². The SMILES string of the molecule is Cc1ccc(O)c(NC(=O)CCCN2C(=O)/C(=C/c3ccccc3OC(F)F)SC2=S)c1. The topological polar surface area (TPSA) is 78.9 Å². The Bertz CT molecular complexity index is 1080. The fourth-order valence-electron chi connectivity index (χ4n) is 3.00. The minimum Gasteiger partial charge on any atom is -0.506 e. The first-order chi connectivity index (χ1) is 15.2. The van der Waals surface area contributed by atoms with Crippen LogP contribution < -0.4 is 10.1 Å². The molecule has 0 saturated carbocycles. The summed E-state index contributed by atoms with van der Waals surface area (Å²) in [5.74, 6) is -0.723. The van der Waals surface area contributed by atoms with E-state index in [1.165, 1.54) is 23.1 Å². The van der Waals surface area contributed by atoms with E-state index < -0.39 is 6.61 Å². The lowest BCUT2D eigenvalue weighted by Crippen LogP contribution is -2.29. The zero-order valence-electron chi connectivity index (χ0n) is 17.0. The molecule has 6 nitrogen and oxygen atoms in total. The van der Waals surface area contributed by atoms with Gasteiger partial charge in [0.15, 0.2) is 0 Å². The molecule has 0 spiro atoms. The van der Waals surface area contributed by atoms with E-state index in [-0.39, 0.29) is 41.2 Å². The number of thiocarbonyl (C=S) groups is 1. The molecule has 168 valence electrons. The summed E-state index contributed by atoms with van der Waals surface area (Å²) in [7, 11) is 0. The molecule has 2 aromatic rings. The van der Waals surface area contributed by atoms with Crippen LogP contribution in [0.2, 0.25) is 0 Å². The van der Waals surface area contributed by atoms with Crippen LogP contribution in [-0.2, 0) is 9.59 Å². The van der Waals surface area contributed by atoms with Crippen molar-refractivity contribution in [3.05, 3.63) is 58.5 Å². The summed E-state index contributed by atoms with van der Waals surface area (Å²) >= 11 is 6.33. The third kappa shape index (κ3) is 6.04. The molecule has 0 aliphatic carbocycles. The largest absolute Gasteiger partial charge is 0.506 e. The Hall–Kier alpha value is -2.98. The molecule has 10 heteroatoms. The third-order valence-corrected chi connectivity index (χ3v) is 5.88. The Labute approximate surface area is 193 Å². The molecule has 3 rings (SSSR count). The van der Waals surface area contributed by atoms with Gasteiger partial charge in [-0.2, -0.15) is 8.78 Å². The summed E-state index contributed by atoms with van der Waals surface area (Å²) in [4.78, 5) is 26.6. The Morgan fingerprint density at radius 3 is 2.81 bits per heavy atom. The number of benzene rings is 2. The molecule has 0 unspecified atom stereocenters. The van der Waals surface area contributed by atoms with Gasteiger partial charge in [-0.3, -0.25) is 14.5 Å². The van der Waals surface area contributed by atoms with Crippen LogP contribution in [0.25, 0.3) is 6.08 Å². The average Bonchev–Trinajstić information content (AvgIpc) is 2.99. The third-order valence-electron chi connectivity index (χ3n) is 4.51. The second kappa shape index (κ2) is 10.6. The highest BCUT2D eigenvalue weighted by Crippen LogP contribution is 2.34. The van der Waals surface area contributed by atoms with Crippen LogP contribution in [0.3, 0.4) is 0 Å². The average molecular weight is 479 g/mol. The Balaban J connectivity index is 1.59. The van der Waals surface area contributed by atoms with Crippen LogP contribution in [0.4, 0.5) is 14.5 Å². The van der Waals surface area contributed by atoms with Gasteiger partial charge in [0.05, 0.1) is 10.6 Å². The van der Waals surface area contributed by atoms with Crippen LogP contribution in [0.15, 0.2) is 47.4 Å². The molecule has 0 radical (unpaired) electrons. The number of hydrogen-bond acceptors (Lipinski definition) is 6. The zero-order chi connectivity index (χ0) is 23.3. The Morgan fingerprint density at radius 2 is 2.06 bits per heavy atom. The first kappa shape index (κ1) is 23.7. The molecular formula is C22H20F2N2O4S2. The number of aryl methyl sites for hydroxylation is 1. The van der Waals surface area contributed by atoms with Gasteiger partial charge in [-0.1, -0.05) is 48.2 Å². The molecule has 1 heterocycles. The van der Waals surface area contributed by atoms with Crippen LogP contribution in [0, 0.1) is 6.92 Å². The number of amides is 2. The molecule has 2 N–H and O–H groups in total. The van der Waals surface area contributed by atoms with E-state index in [9.17, 15) is 23.5 Å². The molecule has 0 bridgehead atoms. The van der Waals surface area contributed by atoms with E-state index in [1.54, 1.807) is 30.3 Å². The summed E-state index contributed by atoms with van der Waals surface area (Å²) in [6, 6.07) is 11.1. The summed E-state index contributed by atoms with van der Waals surface area (Å²) in [5, 5.41) is 12.5. The number of carbonyl (C=O) groups excluding carboxylic acids is 2. The van der Waals surface area contributed by atoms with Gasteiger partial charge in [0.2, 0.25) is 5.91 Å². The molecule has 1 aliphatic heterocycles. The van der Waals surface area contributed by atoms with Crippen molar-refractivity contribution in [1.29, 1.82) is 0 Å². The first-order valence-electron chi connectivity index (χ1n) is 9.63. The molecule has 1 saturated heterocycles. The Morgan fingerprint density at radius 1 is 1.31 bits per heavy atom. The molecular weight excluding hydrogens is 458 g/mol. The quantitative estimate of drug-likeness (QED) is 0.319. The molecule has 2 amide bonds. The number of para-hydroxylation sites is 1. The van der Waals surface area contributed by atoms with Crippen molar-refractivity contribution in [3.8, 4) is 11.5 Å². The normalized spacial score (nSPS) is 15.0. The number of alkyl halides is 2. The molecule has 1 fully saturated rings. The number of rotatable bonds is 8. The second-order valence-corrected chi connectivity index (χ2v) is 8.60. The highest BCUT2D eigenvalue weighted by molar-refractivity contribution is 8.26. The fraction of sp³-hybridized carbons (Fsp3) is 0.227. The van der Waals surface area contributed by atoms with Gasteiger partial charge in [-0.05, 0) is 43.2 Å². The van der Waals surface area contributed by atoms with Gasteiger partial charge in [0, 0.05) is 18.5 Å². The number of hydrogen-bond donors (Lipinski definition) is 2. The van der Waals surface area contributed by atoms with E-state index in [0.29, 0.717) is 22.0 Å². The lowest BCUT2D eigenvalue weighted by molar-refractivity contribution is -0.122. The standard InChI is InChI=1S/C22H20F2N2O4S2/c1-13-8-9-16(27)15(11-13)25-19(28)7-4-10-26-20(29)18(32-22(26)31)12-14-5-2-3-6-17(14)30-21(23)24/h2-3,5-6,8-9,11-12,21,27H,4,7,10H2,1H3,(H,25,28)/b18-12-. The molecule has 0 aromatic heterocycles. The maximum Gasteiger partial charge on any atom is 0.387 e. The van der Waals surface area contributed by atoms with E-state index in [0.717, 1.165) is 17.3 Å². The van der Waals surface area contributed by atoms with Crippen molar-refractivity contribution in [2.75, 3.05) is 11.9 Å². The van der Waals surface area contributed by atoms with E-state index >= 15 is 0 Å². The van der Waals surface area contributed by atoms with Crippen LogP contribution in [-0.4, -0.2) is 39.3 Å². The van der Waals surface area contributed by atoms with Gasteiger partial charge >= 0.3 is 6.61 Å². The molecule has 32 heavy (non-hydrogen) atoms. The summed E-state index contributed by atoms with van der Waals surface area (Å²) < 4.78 is 30.0. The van der Waals surface area contributed by atoms with Crippen molar-refractivity contribution in [3.63, 3.8) is 0 Å². The van der Waals surface area contributed by atoms with Crippen molar-refractivity contribution >= 4 is 51.9 Å². The lowest BCUT2D eigenvalue weighted by atomic mass is 10.2. The predicted octanol–water partition coefficient (Wildman–Crippen LogP) is 4.92. The number of carbonyl (C=O) groups is 2. The smallest absolute Gasteiger partial charge is 0.387 e. The number of thioether (sulfide) groups is 1. The highest BCUT2D eigenvalue weighted by Gasteiger charge is 2.32. The summed E-state index contributed by atoms with van der Waals surface area (Å²) in [6.45, 7) is -0.910. The number of nitrogens with zero attached hydrogens (tertiary/aromatic N) is 1. The number of phenolic OH excluding ortho intramolecular Hbond substituents is 1. The van der Waals surface area contributed by atoms with Crippen LogP contribution in [0.5, 0.6) is 11.5 Å². The monoisotopic (exact) mass is 478 g/mol. The molecule has 0 atom stereocenters. The minimum atomic E-state index is -2.98. The second-order valence-electron chi connectivity index (χ2n) is 6.92. The van der Waals surface area contributed by atoms with E-state index in [2.05, 4.69) is 10.1 Å². The number of anilines is 1. The number of halogens is 2. The number of ether oxygens (including phenoxy) is 1. The Kier molecular flexibility index (Phi) is 7.81. The van der Waals surface area contributed by atoms with Gasteiger partial charge in [0.25, 0.3) is 5.91 Å². The fourth-order valence-corrected chi connectivity index (χ4v) is 4.30. The first-order valence-corrected chi connectivity index (χ1v) is 10.9. The van der Waals surface area contributed by atoms with Crippen LogP contribution in [0.1, 0.15) is 24.0 Å².